The van der Waals surface area contributed by atoms with Gasteiger partial charge in [0, 0.05) is 6.42 Å². The quantitative estimate of drug-likeness (QED) is 0.146. The van der Waals surface area contributed by atoms with Crippen LogP contribution in [0.25, 0.3) is 0 Å². The number of unbranched alkanes of at least 4 members (excludes halogenated alkanes) is 1. The largest absolute Gasteiger partial charge is 0.480 e. The van der Waals surface area contributed by atoms with Crippen LogP contribution in [-0.4, -0.2) is 71.2 Å². The van der Waals surface area contributed by atoms with Crippen LogP contribution in [0.5, 0.6) is 0 Å². The van der Waals surface area contributed by atoms with E-state index in [0.717, 1.165) is 12.0 Å². The van der Waals surface area contributed by atoms with Crippen molar-refractivity contribution in [3.8, 4) is 0 Å². The standard InChI is InChI=1S/C24H39N5O6/c1-15(2)12-18(27-21(31)17(26)10-6-7-11-25)22(32)28-19(13-16-8-4-3-5-9-16)23(33)29-20(14-30)24(34)35/h3-5,8-9,15,17-20,30H,6-7,10-14,25-26H2,1-2H3,(H,27,31)(H,28,32)(H,29,33)(H,34,35). The van der Waals surface area contributed by atoms with E-state index in [1.54, 1.807) is 30.3 Å². The van der Waals surface area contributed by atoms with Crippen molar-refractivity contribution in [2.24, 2.45) is 17.4 Å². The fourth-order valence-electron chi connectivity index (χ4n) is 3.41. The van der Waals surface area contributed by atoms with Gasteiger partial charge in [0.2, 0.25) is 17.7 Å². The smallest absolute Gasteiger partial charge is 0.328 e. The zero-order valence-electron chi connectivity index (χ0n) is 20.4. The van der Waals surface area contributed by atoms with Gasteiger partial charge in [-0.05, 0) is 37.3 Å². The second-order valence-electron chi connectivity index (χ2n) is 8.91. The predicted molar refractivity (Wildman–Crippen MR) is 131 cm³/mol. The Bertz CT molecular complexity index is 820. The molecule has 3 amide bonds. The summed E-state index contributed by atoms with van der Waals surface area (Å²) in [6, 6.07) is 4.48. The van der Waals surface area contributed by atoms with Gasteiger partial charge in [0.1, 0.15) is 18.1 Å². The summed E-state index contributed by atoms with van der Waals surface area (Å²) in [5.41, 5.74) is 12.2. The highest BCUT2D eigenvalue weighted by Crippen LogP contribution is 2.09. The Morgan fingerprint density at radius 1 is 0.886 bits per heavy atom. The van der Waals surface area contributed by atoms with Crippen molar-refractivity contribution in [1.82, 2.24) is 16.0 Å². The Balaban J connectivity index is 3.02. The van der Waals surface area contributed by atoms with E-state index in [1.807, 2.05) is 13.8 Å². The molecule has 9 N–H and O–H groups in total. The van der Waals surface area contributed by atoms with Gasteiger partial charge < -0.3 is 37.6 Å². The van der Waals surface area contributed by atoms with Gasteiger partial charge in [-0.2, -0.15) is 0 Å². The number of amides is 3. The number of benzene rings is 1. The first-order valence-corrected chi connectivity index (χ1v) is 11.8. The van der Waals surface area contributed by atoms with E-state index in [9.17, 15) is 24.3 Å². The van der Waals surface area contributed by atoms with Crippen molar-refractivity contribution in [2.75, 3.05) is 13.2 Å². The van der Waals surface area contributed by atoms with Crippen LogP contribution in [-0.2, 0) is 25.6 Å². The Kier molecular flexibility index (Phi) is 13.5. The average molecular weight is 494 g/mol. The maximum Gasteiger partial charge on any atom is 0.328 e. The molecular formula is C24H39N5O6. The molecule has 0 bridgehead atoms. The summed E-state index contributed by atoms with van der Waals surface area (Å²) < 4.78 is 0. The number of aliphatic hydroxyl groups excluding tert-OH is 1. The first-order valence-electron chi connectivity index (χ1n) is 11.8. The van der Waals surface area contributed by atoms with Crippen molar-refractivity contribution in [3.63, 3.8) is 0 Å². The fourth-order valence-corrected chi connectivity index (χ4v) is 3.41. The Morgan fingerprint density at radius 2 is 1.46 bits per heavy atom. The van der Waals surface area contributed by atoms with E-state index in [4.69, 9.17) is 16.6 Å². The lowest BCUT2D eigenvalue weighted by Crippen LogP contribution is -2.58. The van der Waals surface area contributed by atoms with Gasteiger partial charge in [-0.3, -0.25) is 14.4 Å². The van der Waals surface area contributed by atoms with Crippen LogP contribution < -0.4 is 27.4 Å². The number of hydrogen-bond donors (Lipinski definition) is 7. The number of rotatable bonds is 16. The molecule has 0 spiro atoms. The number of carbonyl (C=O) groups excluding carboxylic acids is 3. The monoisotopic (exact) mass is 493 g/mol. The summed E-state index contributed by atoms with van der Waals surface area (Å²) in [6.45, 7) is 3.47. The number of aliphatic carboxylic acids is 1. The molecule has 1 rings (SSSR count). The lowest BCUT2D eigenvalue weighted by Gasteiger charge is -2.26. The molecule has 0 fully saturated rings. The highest BCUT2D eigenvalue weighted by Gasteiger charge is 2.30. The van der Waals surface area contributed by atoms with Gasteiger partial charge in [-0.25, -0.2) is 4.79 Å². The normalized spacial score (nSPS) is 14.5. The van der Waals surface area contributed by atoms with Crippen molar-refractivity contribution in [2.45, 2.75) is 70.1 Å². The van der Waals surface area contributed by atoms with E-state index < -0.39 is 54.5 Å². The van der Waals surface area contributed by atoms with Crippen LogP contribution in [0.2, 0.25) is 0 Å². The third-order valence-corrected chi connectivity index (χ3v) is 5.36. The van der Waals surface area contributed by atoms with Gasteiger partial charge >= 0.3 is 5.97 Å². The molecule has 0 saturated heterocycles. The Labute approximate surface area is 206 Å². The summed E-state index contributed by atoms with van der Waals surface area (Å²) in [4.78, 5) is 49.9. The molecule has 0 radical (unpaired) electrons. The van der Waals surface area contributed by atoms with Crippen LogP contribution in [0.15, 0.2) is 30.3 Å². The minimum absolute atomic E-state index is 0.0479. The van der Waals surface area contributed by atoms with Crippen molar-refractivity contribution in [3.05, 3.63) is 35.9 Å². The average Bonchev–Trinajstić information content (AvgIpc) is 2.81. The maximum absolute atomic E-state index is 13.2. The lowest BCUT2D eigenvalue weighted by molar-refractivity contribution is -0.143. The summed E-state index contributed by atoms with van der Waals surface area (Å²) in [5.74, 6) is -3.19. The molecule has 0 aliphatic heterocycles. The molecule has 0 aliphatic carbocycles. The number of nitrogens with two attached hydrogens (primary N) is 2. The molecule has 35 heavy (non-hydrogen) atoms. The highest BCUT2D eigenvalue weighted by molar-refractivity contribution is 5.94. The van der Waals surface area contributed by atoms with Crippen LogP contribution in [0.4, 0.5) is 0 Å². The minimum atomic E-state index is -1.52. The van der Waals surface area contributed by atoms with Crippen LogP contribution in [0.1, 0.15) is 45.1 Å². The summed E-state index contributed by atoms with van der Waals surface area (Å²) in [7, 11) is 0. The van der Waals surface area contributed by atoms with E-state index >= 15 is 0 Å². The van der Waals surface area contributed by atoms with Gasteiger partial charge in [-0.1, -0.05) is 50.6 Å². The predicted octanol–water partition coefficient (Wildman–Crippen LogP) is -0.737. The number of carboxylic acids is 1. The van der Waals surface area contributed by atoms with Crippen molar-refractivity contribution < 1.29 is 29.4 Å². The van der Waals surface area contributed by atoms with Gasteiger partial charge in [0.25, 0.3) is 0 Å². The first-order chi connectivity index (χ1) is 16.6. The highest BCUT2D eigenvalue weighted by atomic mass is 16.4. The third kappa shape index (κ3) is 11.3. The molecule has 4 unspecified atom stereocenters. The van der Waals surface area contributed by atoms with Gasteiger partial charge in [-0.15, -0.1) is 0 Å². The van der Waals surface area contributed by atoms with E-state index in [-0.39, 0.29) is 12.3 Å². The lowest BCUT2D eigenvalue weighted by atomic mass is 10.00. The number of aliphatic hydroxyl groups is 1. The minimum Gasteiger partial charge on any atom is -0.480 e. The maximum atomic E-state index is 13.2. The summed E-state index contributed by atoms with van der Waals surface area (Å²) in [5, 5.41) is 26.0. The number of nitrogens with one attached hydrogen (secondary N) is 3. The van der Waals surface area contributed by atoms with Gasteiger partial charge in [0.05, 0.1) is 12.6 Å². The summed E-state index contributed by atoms with van der Waals surface area (Å²) in [6.07, 6.45) is 2.23. The molecule has 196 valence electrons. The SMILES string of the molecule is CC(C)CC(NC(=O)C(N)CCCCN)C(=O)NC(Cc1ccccc1)C(=O)NC(CO)C(=O)O. The molecule has 1 aromatic carbocycles. The fraction of sp³-hybridized carbons (Fsp3) is 0.583. The van der Waals surface area contributed by atoms with Crippen molar-refractivity contribution >= 4 is 23.7 Å². The molecule has 0 heterocycles. The zero-order valence-corrected chi connectivity index (χ0v) is 20.4. The molecule has 11 nitrogen and oxygen atoms in total. The topological polar surface area (TPSA) is 197 Å². The number of carbonyl (C=O) groups is 4. The van der Waals surface area contributed by atoms with Crippen LogP contribution in [0.3, 0.4) is 0 Å². The van der Waals surface area contributed by atoms with Crippen molar-refractivity contribution in [1.29, 1.82) is 0 Å². The van der Waals surface area contributed by atoms with Crippen LogP contribution >= 0.6 is 0 Å². The number of carboxylic acid groups (broad SMARTS) is 1. The molecule has 4 atom stereocenters. The van der Waals surface area contributed by atoms with Gasteiger partial charge in [0.15, 0.2) is 0 Å². The number of hydrogen-bond acceptors (Lipinski definition) is 7. The second-order valence-corrected chi connectivity index (χ2v) is 8.91. The summed E-state index contributed by atoms with van der Waals surface area (Å²) >= 11 is 0. The molecule has 11 heteroatoms. The second kappa shape index (κ2) is 15.8. The Morgan fingerprint density at radius 3 is 2.00 bits per heavy atom. The zero-order chi connectivity index (χ0) is 26.4. The molecule has 0 aliphatic rings. The third-order valence-electron chi connectivity index (χ3n) is 5.36. The molecule has 0 saturated carbocycles. The van der Waals surface area contributed by atoms with E-state index in [0.29, 0.717) is 25.8 Å². The molecular weight excluding hydrogens is 454 g/mol. The first kappa shape index (κ1) is 30.0. The molecule has 0 aromatic heterocycles. The molecule has 1 aromatic rings. The van der Waals surface area contributed by atoms with E-state index in [2.05, 4.69) is 16.0 Å². The van der Waals surface area contributed by atoms with Crippen LogP contribution in [0, 0.1) is 5.92 Å². The van der Waals surface area contributed by atoms with E-state index in [1.165, 1.54) is 0 Å². The Hall–Kier alpha value is -3.02.